The molecule has 1 atom stereocenters. The van der Waals surface area contributed by atoms with Gasteiger partial charge < -0.3 is 20.9 Å². The minimum Gasteiger partial charge on any atom is -0.369 e. The monoisotopic (exact) mass is 397 g/mol. The first kappa shape index (κ1) is 20.6. The Labute approximate surface area is 170 Å². The minimum absolute atomic E-state index is 0.0352. The maximum absolute atomic E-state index is 12.4. The maximum Gasteiger partial charge on any atom is 0.243 e. The van der Waals surface area contributed by atoms with Crippen molar-refractivity contribution in [2.45, 2.75) is 26.3 Å². The van der Waals surface area contributed by atoms with Gasteiger partial charge in [-0.05, 0) is 34.8 Å². The van der Waals surface area contributed by atoms with Crippen LogP contribution in [0.3, 0.4) is 0 Å². The van der Waals surface area contributed by atoms with Crippen molar-refractivity contribution < 1.29 is 9.42 Å². The molecule has 3 rings (SSSR count). The van der Waals surface area contributed by atoms with Crippen molar-refractivity contribution in [3.05, 3.63) is 24.3 Å². The molecule has 1 aliphatic heterocycles. The van der Waals surface area contributed by atoms with Crippen molar-refractivity contribution in [3.8, 4) is 17.3 Å². The highest BCUT2D eigenvalue weighted by molar-refractivity contribution is 5.86. The van der Waals surface area contributed by atoms with E-state index in [1.54, 1.807) is 0 Å². The molecule has 0 radical (unpaired) electrons. The summed E-state index contributed by atoms with van der Waals surface area (Å²) in [5, 5.41) is 25.8. The lowest BCUT2D eigenvalue weighted by Gasteiger charge is -2.29. The minimum atomic E-state index is -0.533. The summed E-state index contributed by atoms with van der Waals surface area (Å²) in [6, 6.07) is 9.47. The number of benzene rings is 1. The van der Waals surface area contributed by atoms with Gasteiger partial charge in [-0.25, -0.2) is 4.63 Å². The second kappa shape index (κ2) is 9.89. The van der Waals surface area contributed by atoms with Crippen LogP contribution in [-0.4, -0.2) is 55.0 Å². The van der Waals surface area contributed by atoms with Crippen LogP contribution in [0.25, 0.3) is 11.3 Å². The second-order valence-corrected chi connectivity index (χ2v) is 7.45. The molecule has 0 aliphatic carbocycles. The fraction of sp³-hybridized carbons (Fsp3) is 0.500. The van der Waals surface area contributed by atoms with Crippen LogP contribution < -0.4 is 20.9 Å². The van der Waals surface area contributed by atoms with Crippen LogP contribution >= 0.6 is 0 Å². The number of anilines is 2. The Morgan fingerprint density at radius 1 is 1.28 bits per heavy atom. The van der Waals surface area contributed by atoms with E-state index in [1.807, 2.05) is 32.0 Å². The zero-order chi connectivity index (χ0) is 20.6. The number of nitrogens with zero attached hydrogens (tertiary/aromatic N) is 4. The molecular formula is C20H27N7O2. The predicted octanol–water partition coefficient (Wildman–Crippen LogP) is 1.61. The normalized spacial score (nSPS) is 15.0. The number of aromatic nitrogens is 2. The summed E-state index contributed by atoms with van der Waals surface area (Å²) < 4.78 is 4.95. The number of carbonyl (C=O) groups excluding carboxylic acids is 1. The van der Waals surface area contributed by atoms with Crippen LogP contribution in [-0.2, 0) is 4.79 Å². The summed E-state index contributed by atoms with van der Waals surface area (Å²) in [4.78, 5) is 14.7. The van der Waals surface area contributed by atoms with Crippen molar-refractivity contribution >= 4 is 17.4 Å². The van der Waals surface area contributed by atoms with Gasteiger partial charge in [0.25, 0.3) is 0 Å². The molecule has 1 amide bonds. The summed E-state index contributed by atoms with van der Waals surface area (Å²) in [6.45, 7) is 7.94. The van der Waals surface area contributed by atoms with Crippen LogP contribution in [0.4, 0.5) is 11.5 Å². The van der Waals surface area contributed by atoms with E-state index in [4.69, 9.17) is 9.89 Å². The highest BCUT2D eigenvalue weighted by atomic mass is 16.6. The molecule has 0 bridgehead atoms. The number of carbonyl (C=O) groups is 1. The molecule has 1 aliphatic rings. The molecule has 0 unspecified atom stereocenters. The summed E-state index contributed by atoms with van der Waals surface area (Å²) in [5.41, 5.74) is 2.57. The van der Waals surface area contributed by atoms with Gasteiger partial charge in [-0.15, -0.1) is 0 Å². The van der Waals surface area contributed by atoms with Gasteiger partial charge in [-0.2, -0.15) is 5.26 Å². The Morgan fingerprint density at radius 2 is 2.00 bits per heavy atom. The van der Waals surface area contributed by atoms with Gasteiger partial charge >= 0.3 is 0 Å². The number of nitriles is 1. The van der Waals surface area contributed by atoms with Crippen LogP contribution in [0, 0.1) is 17.2 Å². The zero-order valence-corrected chi connectivity index (χ0v) is 16.8. The van der Waals surface area contributed by atoms with Gasteiger partial charge in [0.15, 0.2) is 11.5 Å². The van der Waals surface area contributed by atoms with Crippen molar-refractivity contribution in [1.82, 2.24) is 20.9 Å². The molecule has 154 valence electrons. The molecule has 0 spiro atoms. The second-order valence-electron chi connectivity index (χ2n) is 7.45. The van der Waals surface area contributed by atoms with E-state index < -0.39 is 6.04 Å². The lowest BCUT2D eigenvalue weighted by Crippen LogP contribution is -2.43. The van der Waals surface area contributed by atoms with E-state index >= 15 is 0 Å². The molecule has 0 saturated carbocycles. The molecular weight excluding hydrogens is 370 g/mol. The van der Waals surface area contributed by atoms with E-state index in [9.17, 15) is 4.79 Å². The SMILES string of the molecule is CC(C)C[C@H](Nc1nonc1-c1ccc(N2CCNCC2)cc1)C(=O)NCC#N. The average molecular weight is 397 g/mol. The van der Waals surface area contributed by atoms with Crippen LogP contribution in [0.1, 0.15) is 20.3 Å². The van der Waals surface area contributed by atoms with Gasteiger partial charge in [0.2, 0.25) is 5.91 Å². The van der Waals surface area contributed by atoms with E-state index in [0.717, 1.165) is 37.4 Å². The molecule has 1 fully saturated rings. The first-order valence-corrected chi connectivity index (χ1v) is 9.88. The van der Waals surface area contributed by atoms with E-state index in [0.29, 0.717) is 17.9 Å². The van der Waals surface area contributed by atoms with Crippen LogP contribution in [0.15, 0.2) is 28.9 Å². The van der Waals surface area contributed by atoms with Crippen molar-refractivity contribution in [1.29, 1.82) is 5.26 Å². The Balaban J connectivity index is 1.75. The summed E-state index contributed by atoms with van der Waals surface area (Å²) >= 11 is 0. The largest absolute Gasteiger partial charge is 0.369 e. The number of rotatable bonds is 8. The maximum atomic E-state index is 12.4. The summed E-state index contributed by atoms with van der Waals surface area (Å²) in [7, 11) is 0. The number of piperazine rings is 1. The summed E-state index contributed by atoms with van der Waals surface area (Å²) in [6.07, 6.45) is 0.589. The Bertz CT molecular complexity index is 835. The van der Waals surface area contributed by atoms with E-state index in [-0.39, 0.29) is 18.4 Å². The fourth-order valence-electron chi connectivity index (χ4n) is 3.34. The van der Waals surface area contributed by atoms with Gasteiger partial charge in [0.1, 0.15) is 12.6 Å². The predicted molar refractivity (Wildman–Crippen MR) is 110 cm³/mol. The number of hydrogen-bond donors (Lipinski definition) is 3. The standard InChI is InChI=1S/C20H27N7O2/c1-14(2)13-17(20(28)23-8-7-21)24-19-18(25-29-26-19)15-3-5-16(6-4-15)27-11-9-22-10-12-27/h3-6,14,17,22H,8-13H2,1-2H3,(H,23,28)(H,24,26)/t17-/m0/s1. The first-order chi connectivity index (χ1) is 14.1. The van der Waals surface area contributed by atoms with Crippen molar-refractivity contribution in [2.75, 3.05) is 42.9 Å². The average Bonchev–Trinajstić information content (AvgIpc) is 3.20. The van der Waals surface area contributed by atoms with Gasteiger partial charge in [0.05, 0.1) is 6.07 Å². The molecule has 9 nitrogen and oxygen atoms in total. The molecule has 2 aromatic rings. The molecule has 9 heteroatoms. The number of amides is 1. The van der Waals surface area contributed by atoms with Gasteiger partial charge in [0, 0.05) is 37.4 Å². The van der Waals surface area contributed by atoms with E-state index in [1.165, 1.54) is 0 Å². The van der Waals surface area contributed by atoms with E-state index in [2.05, 4.69) is 43.3 Å². The summed E-state index contributed by atoms with van der Waals surface area (Å²) in [5.74, 6) is 0.447. The molecule has 1 aromatic heterocycles. The first-order valence-electron chi connectivity index (χ1n) is 9.88. The van der Waals surface area contributed by atoms with Crippen molar-refractivity contribution in [3.63, 3.8) is 0 Å². The number of hydrogen-bond acceptors (Lipinski definition) is 8. The van der Waals surface area contributed by atoms with Gasteiger partial charge in [-0.1, -0.05) is 26.0 Å². The lowest BCUT2D eigenvalue weighted by molar-refractivity contribution is -0.121. The topological polar surface area (TPSA) is 119 Å². The highest BCUT2D eigenvalue weighted by Gasteiger charge is 2.23. The molecule has 29 heavy (non-hydrogen) atoms. The highest BCUT2D eigenvalue weighted by Crippen LogP contribution is 2.28. The molecule has 1 saturated heterocycles. The fourth-order valence-corrected chi connectivity index (χ4v) is 3.34. The molecule has 1 aromatic carbocycles. The third-order valence-corrected chi connectivity index (χ3v) is 4.79. The Hall–Kier alpha value is -3.12. The van der Waals surface area contributed by atoms with Gasteiger partial charge in [-0.3, -0.25) is 4.79 Å². The lowest BCUT2D eigenvalue weighted by atomic mass is 10.0. The third kappa shape index (κ3) is 5.45. The van der Waals surface area contributed by atoms with Crippen molar-refractivity contribution in [2.24, 2.45) is 5.92 Å². The third-order valence-electron chi connectivity index (χ3n) is 4.79. The zero-order valence-electron chi connectivity index (χ0n) is 16.8. The number of nitrogens with one attached hydrogen (secondary N) is 3. The molecule has 2 heterocycles. The Morgan fingerprint density at radius 3 is 2.66 bits per heavy atom. The Kier molecular flexibility index (Phi) is 7.03. The smallest absolute Gasteiger partial charge is 0.243 e. The quantitative estimate of drug-likeness (QED) is 0.575. The molecule has 3 N–H and O–H groups in total. The van der Waals surface area contributed by atoms with Crippen LogP contribution in [0.2, 0.25) is 0 Å². The van der Waals surface area contributed by atoms with Crippen LogP contribution in [0.5, 0.6) is 0 Å².